The predicted molar refractivity (Wildman–Crippen MR) is 115 cm³/mol. The lowest BCUT2D eigenvalue weighted by molar-refractivity contribution is -0.123. The van der Waals surface area contributed by atoms with Crippen LogP contribution in [0.25, 0.3) is 0 Å². The van der Waals surface area contributed by atoms with Gasteiger partial charge in [-0.1, -0.05) is 11.6 Å². The molecule has 0 aromatic heterocycles. The third-order valence-corrected chi connectivity index (χ3v) is 5.13. The van der Waals surface area contributed by atoms with Gasteiger partial charge in [-0.05, 0) is 57.2 Å². The van der Waals surface area contributed by atoms with Gasteiger partial charge in [-0.15, -0.1) is 0 Å². The van der Waals surface area contributed by atoms with Crippen LogP contribution in [-0.2, 0) is 19.6 Å². The average molecular weight is 471 g/mol. The van der Waals surface area contributed by atoms with Crippen molar-refractivity contribution in [3.63, 3.8) is 0 Å². The van der Waals surface area contributed by atoms with Gasteiger partial charge in [0.05, 0.1) is 28.7 Å². The molecule has 0 aliphatic carbocycles. The number of esters is 1. The molecule has 2 aromatic carbocycles. The van der Waals surface area contributed by atoms with Crippen molar-refractivity contribution in [1.82, 2.24) is 0 Å². The minimum Gasteiger partial charge on any atom is -0.493 e. The molecule has 0 aliphatic rings. The van der Waals surface area contributed by atoms with Crippen LogP contribution in [0.15, 0.2) is 41.3 Å². The van der Waals surface area contributed by atoms with Crippen LogP contribution < -0.4 is 19.9 Å². The predicted octanol–water partition coefficient (Wildman–Crippen LogP) is 2.97. The van der Waals surface area contributed by atoms with E-state index in [1.165, 1.54) is 50.4 Å². The molecule has 168 valence electrons. The number of nitrogens with two attached hydrogens (primary N) is 1. The zero-order chi connectivity index (χ0) is 23.3. The lowest BCUT2D eigenvalue weighted by atomic mass is 10.2. The van der Waals surface area contributed by atoms with Crippen molar-refractivity contribution in [3.8, 4) is 11.5 Å². The lowest BCUT2D eigenvalue weighted by Crippen LogP contribution is -2.30. The third-order valence-electron chi connectivity index (χ3n) is 3.92. The van der Waals surface area contributed by atoms with Crippen LogP contribution in [0.4, 0.5) is 5.69 Å². The van der Waals surface area contributed by atoms with E-state index in [4.69, 9.17) is 31.0 Å². The molecule has 0 radical (unpaired) electrons. The smallest absolute Gasteiger partial charge is 0.339 e. The maximum absolute atomic E-state index is 12.5. The first-order chi connectivity index (χ1) is 14.4. The number of primary sulfonamides is 1. The molecular formula is C20H23ClN2O7S. The van der Waals surface area contributed by atoms with Crippen LogP contribution >= 0.6 is 11.6 Å². The van der Waals surface area contributed by atoms with E-state index in [-0.39, 0.29) is 27.3 Å². The van der Waals surface area contributed by atoms with Gasteiger partial charge in [-0.25, -0.2) is 18.4 Å². The molecule has 1 atom stereocenters. The summed E-state index contributed by atoms with van der Waals surface area (Å²) in [5.74, 6) is -0.859. The number of nitrogens with one attached hydrogen (secondary N) is 1. The Bertz CT molecular complexity index is 1070. The Kier molecular flexibility index (Phi) is 7.88. The van der Waals surface area contributed by atoms with Crippen LogP contribution in [0.1, 0.15) is 31.1 Å². The quantitative estimate of drug-likeness (QED) is 0.566. The number of halogens is 1. The van der Waals surface area contributed by atoms with Gasteiger partial charge in [-0.2, -0.15) is 0 Å². The number of carbonyl (C=O) groups is 2. The van der Waals surface area contributed by atoms with Gasteiger partial charge in [0.1, 0.15) is 0 Å². The number of hydrogen-bond acceptors (Lipinski definition) is 7. The number of amides is 1. The number of methoxy groups -OCH3 is 1. The van der Waals surface area contributed by atoms with Crippen molar-refractivity contribution in [2.45, 2.75) is 37.9 Å². The van der Waals surface area contributed by atoms with Gasteiger partial charge in [0, 0.05) is 5.69 Å². The van der Waals surface area contributed by atoms with Crippen molar-refractivity contribution < 1.29 is 32.2 Å². The number of anilines is 1. The van der Waals surface area contributed by atoms with Crippen LogP contribution in [0.3, 0.4) is 0 Å². The molecule has 2 rings (SSSR count). The van der Waals surface area contributed by atoms with Gasteiger partial charge < -0.3 is 19.5 Å². The summed E-state index contributed by atoms with van der Waals surface area (Å²) in [5.41, 5.74) is 0.385. The van der Waals surface area contributed by atoms with Gasteiger partial charge >= 0.3 is 5.97 Å². The Balaban J connectivity index is 2.09. The number of rotatable bonds is 8. The maximum atomic E-state index is 12.5. The van der Waals surface area contributed by atoms with E-state index in [9.17, 15) is 18.0 Å². The fourth-order valence-electron chi connectivity index (χ4n) is 2.44. The number of carbonyl (C=O) groups excluding carboxylic acids is 2. The highest BCUT2D eigenvalue weighted by Crippen LogP contribution is 2.37. The lowest BCUT2D eigenvalue weighted by Gasteiger charge is -2.17. The number of benzene rings is 2. The van der Waals surface area contributed by atoms with Gasteiger partial charge in [0.15, 0.2) is 17.6 Å². The highest BCUT2D eigenvalue weighted by molar-refractivity contribution is 7.89. The standard InChI is InChI=1S/C20H23ClN2O7S/c1-11(2)29-18-16(21)9-13(10-17(18)28-4)20(25)30-12(3)19(24)23-14-5-7-15(8-6-14)31(22,26)27/h5-12H,1-4H3,(H,23,24)(H2,22,26,27). The molecule has 3 N–H and O–H groups in total. The molecule has 0 spiro atoms. The first kappa shape index (κ1) is 24.4. The number of sulfonamides is 1. The van der Waals surface area contributed by atoms with Crippen LogP contribution in [0.5, 0.6) is 11.5 Å². The first-order valence-corrected chi connectivity index (χ1v) is 11.0. The van der Waals surface area contributed by atoms with Gasteiger partial charge in [0.25, 0.3) is 5.91 Å². The zero-order valence-corrected chi connectivity index (χ0v) is 18.9. The monoisotopic (exact) mass is 470 g/mol. The molecular weight excluding hydrogens is 448 g/mol. The minimum atomic E-state index is -3.84. The van der Waals surface area contributed by atoms with Crippen molar-refractivity contribution in [2.75, 3.05) is 12.4 Å². The van der Waals surface area contributed by atoms with Crippen molar-refractivity contribution in [3.05, 3.63) is 47.0 Å². The SMILES string of the molecule is COc1cc(C(=O)OC(C)C(=O)Nc2ccc(S(N)(=O)=O)cc2)cc(Cl)c1OC(C)C. The summed E-state index contributed by atoms with van der Waals surface area (Å²) in [6.07, 6.45) is -1.31. The topological polar surface area (TPSA) is 134 Å². The summed E-state index contributed by atoms with van der Waals surface area (Å²) in [6.45, 7) is 5.03. The van der Waals surface area contributed by atoms with Crippen LogP contribution in [0.2, 0.25) is 5.02 Å². The van der Waals surface area contributed by atoms with Crippen molar-refractivity contribution in [2.24, 2.45) is 5.14 Å². The second-order valence-corrected chi connectivity index (χ2v) is 8.73. The summed E-state index contributed by atoms with van der Waals surface area (Å²) >= 11 is 6.21. The molecule has 11 heteroatoms. The highest BCUT2D eigenvalue weighted by Gasteiger charge is 2.22. The van der Waals surface area contributed by atoms with Crippen LogP contribution in [0, 0.1) is 0 Å². The first-order valence-electron chi connectivity index (χ1n) is 9.11. The average Bonchev–Trinajstić information content (AvgIpc) is 2.68. The minimum absolute atomic E-state index is 0.0788. The molecule has 9 nitrogen and oxygen atoms in total. The second kappa shape index (κ2) is 9.99. The second-order valence-electron chi connectivity index (χ2n) is 6.76. The summed E-state index contributed by atoms with van der Waals surface area (Å²) in [6, 6.07) is 7.99. The summed E-state index contributed by atoms with van der Waals surface area (Å²) < 4.78 is 38.6. The molecule has 1 amide bonds. The normalized spacial score (nSPS) is 12.2. The fourth-order valence-corrected chi connectivity index (χ4v) is 3.21. The Labute approximate surface area is 185 Å². The van der Waals surface area contributed by atoms with E-state index in [0.717, 1.165) is 0 Å². The molecule has 0 heterocycles. The van der Waals surface area contributed by atoms with Gasteiger partial charge in [0.2, 0.25) is 10.0 Å². The largest absolute Gasteiger partial charge is 0.493 e. The van der Waals surface area contributed by atoms with Crippen molar-refractivity contribution in [1.29, 1.82) is 0 Å². The highest BCUT2D eigenvalue weighted by atomic mass is 35.5. The molecule has 0 saturated carbocycles. The van der Waals surface area contributed by atoms with E-state index in [0.29, 0.717) is 11.4 Å². The molecule has 31 heavy (non-hydrogen) atoms. The molecule has 0 saturated heterocycles. The zero-order valence-electron chi connectivity index (χ0n) is 17.3. The number of hydrogen-bond donors (Lipinski definition) is 2. The molecule has 0 aliphatic heterocycles. The molecule has 0 bridgehead atoms. The summed E-state index contributed by atoms with van der Waals surface area (Å²) in [4.78, 5) is 24.7. The third kappa shape index (κ3) is 6.58. The fraction of sp³-hybridized carbons (Fsp3) is 0.300. The van der Waals surface area contributed by atoms with Crippen LogP contribution in [-0.4, -0.2) is 39.6 Å². The summed E-state index contributed by atoms with van der Waals surface area (Å²) in [7, 11) is -2.43. The van der Waals surface area contributed by atoms with Gasteiger partial charge in [-0.3, -0.25) is 4.79 Å². The Morgan fingerprint density at radius 3 is 2.23 bits per heavy atom. The van der Waals surface area contributed by atoms with E-state index < -0.39 is 28.0 Å². The molecule has 1 unspecified atom stereocenters. The van der Waals surface area contributed by atoms with Crippen molar-refractivity contribution >= 4 is 39.2 Å². The van der Waals surface area contributed by atoms with E-state index in [1.54, 1.807) is 0 Å². The summed E-state index contributed by atoms with van der Waals surface area (Å²) in [5, 5.41) is 7.71. The Hall–Kier alpha value is -2.82. The Morgan fingerprint density at radius 2 is 1.71 bits per heavy atom. The van der Waals surface area contributed by atoms with E-state index >= 15 is 0 Å². The molecule has 0 fully saturated rings. The maximum Gasteiger partial charge on any atom is 0.339 e. The van der Waals surface area contributed by atoms with E-state index in [1.807, 2.05) is 13.8 Å². The molecule has 2 aromatic rings. The van der Waals surface area contributed by atoms with E-state index in [2.05, 4.69) is 5.32 Å². The Morgan fingerprint density at radius 1 is 1.10 bits per heavy atom. The number of ether oxygens (including phenoxy) is 3.